The molecule has 0 saturated heterocycles. The molecule has 5 nitrogen and oxygen atoms in total. The summed E-state index contributed by atoms with van der Waals surface area (Å²) in [5, 5.41) is 0. The van der Waals surface area contributed by atoms with E-state index in [1.54, 1.807) is 31.2 Å². The molecule has 0 aliphatic carbocycles. The molecular formula is C16H13NO4. The highest BCUT2D eigenvalue weighted by Gasteiger charge is 2.09. The highest BCUT2D eigenvalue weighted by atomic mass is 16.6. The summed E-state index contributed by atoms with van der Waals surface area (Å²) in [6.45, 7) is 2.11. The molecule has 3 rings (SSSR count). The molecule has 0 amide bonds. The largest absolute Gasteiger partial charge is 0.462 e. The van der Waals surface area contributed by atoms with Gasteiger partial charge in [-0.05, 0) is 43.3 Å². The molecule has 0 unspecified atom stereocenters. The summed E-state index contributed by atoms with van der Waals surface area (Å²) in [6.07, 6.45) is 0.167. The molecule has 106 valence electrons. The van der Waals surface area contributed by atoms with Gasteiger partial charge < -0.3 is 13.9 Å². The summed E-state index contributed by atoms with van der Waals surface area (Å²) in [7, 11) is 0. The molecular weight excluding hydrogens is 270 g/mol. The zero-order chi connectivity index (χ0) is 14.7. The first-order valence-electron chi connectivity index (χ1n) is 6.57. The number of aromatic nitrogens is 1. The Kier molecular flexibility index (Phi) is 3.55. The number of ether oxygens (including phenoxy) is 2. The molecule has 0 N–H and O–H groups in total. The standard InChI is InChI=1S/C16H13NO4/c1-2-19-15(18)11-7-9-12(10-8-11)20-16-17-13-5-3-4-6-14(13)21-16/h3-10H,2H2,1H3. The lowest BCUT2D eigenvalue weighted by atomic mass is 10.2. The summed E-state index contributed by atoms with van der Waals surface area (Å²) in [6, 6.07) is 14.0. The van der Waals surface area contributed by atoms with Crippen LogP contribution in [0.4, 0.5) is 0 Å². The molecule has 1 heterocycles. The predicted octanol–water partition coefficient (Wildman–Crippen LogP) is 3.80. The van der Waals surface area contributed by atoms with E-state index in [9.17, 15) is 4.79 Å². The molecule has 0 spiro atoms. The van der Waals surface area contributed by atoms with E-state index < -0.39 is 0 Å². The first kappa shape index (κ1) is 13.2. The van der Waals surface area contributed by atoms with Crippen molar-refractivity contribution in [3.8, 4) is 11.8 Å². The molecule has 21 heavy (non-hydrogen) atoms. The second kappa shape index (κ2) is 5.66. The molecule has 0 fully saturated rings. The molecule has 0 radical (unpaired) electrons. The van der Waals surface area contributed by atoms with Crippen LogP contribution in [0.3, 0.4) is 0 Å². The number of hydrogen-bond acceptors (Lipinski definition) is 5. The molecule has 0 aliphatic rings. The Balaban J connectivity index is 1.77. The van der Waals surface area contributed by atoms with Crippen LogP contribution in [0.25, 0.3) is 11.1 Å². The van der Waals surface area contributed by atoms with Crippen LogP contribution in [0.15, 0.2) is 52.9 Å². The second-order valence-electron chi connectivity index (χ2n) is 4.29. The smallest absolute Gasteiger partial charge is 0.400 e. The van der Waals surface area contributed by atoms with Crippen LogP contribution >= 0.6 is 0 Å². The van der Waals surface area contributed by atoms with Gasteiger partial charge in [0.2, 0.25) is 0 Å². The minimum Gasteiger partial charge on any atom is -0.462 e. The number of carbonyl (C=O) groups is 1. The van der Waals surface area contributed by atoms with Gasteiger partial charge in [0.25, 0.3) is 0 Å². The number of carbonyl (C=O) groups excluding carboxylic acids is 1. The maximum Gasteiger partial charge on any atom is 0.400 e. The van der Waals surface area contributed by atoms with Gasteiger partial charge in [0, 0.05) is 0 Å². The Bertz CT molecular complexity index is 728. The van der Waals surface area contributed by atoms with Crippen molar-refractivity contribution in [2.24, 2.45) is 0 Å². The van der Waals surface area contributed by atoms with Crippen molar-refractivity contribution < 1.29 is 18.7 Å². The minimum atomic E-state index is -0.356. The van der Waals surface area contributed by atoms with Gasteiger partial charge in [-0.1, -0.05) is 12.1 Å². The number of para-hydroxylation sites is 2. The van der Waals surface area contributed by atoms with Gasteiger partial charge in [-0.15, -0.1) is 0 Å². The topological polar surface area (TPSA) is 61.6 Å². The number of hydrogen-bond donors (Lipinski definition) is 0. The van der Waals surface area contributed by atoms with E-state index in [2.05, 4.69) is 4.98 Å². The van der Waals surface area contributed by atoms with Crippen molar-refractivity contribution in [3.63, 3.8) is 0 Å². The molecule has 0 saturated carbocycles. The fraction of sp³-hybridized carbons (Fsp3) is 0.125. The average Bonchev–Trinajstić information content (AvgIpc) is 2.90. The Morgan fingerprint density at radius 3 is 2.62 bits per heavy atom. The Morgan fingerprint density at radius 2 is 1.90 bits per heavy atom. The zero-order valence-corrected chi connectivity index (χ0v) is 11.4. The lowest BCUT2D eigenvalue weighted by Crippen LogP contribution is -2.03. The number of oxazole rings is 1. The van der Waals surface area contributed by atoms with E-state index in [0.29, 0.717) is 23.5 Å². The Morgan fingerprint density at radius 1 is 1.14 bits per heavy atom. The maximum atomic E-state index is 11.5. The molecule has 0 atom stereocenters. The number of fused-ring (bicyclic) bond motifs is 1. The van der Waals surface area contributed by atoms with Crippen molar-refractivity contribution in [1.82, 2.24) is 4.98 Å². The number of esters is 1. The predicted molar refractivity (Wildman–Crippen MR) is 76.5 cm³/mol. The van der Waals surface area contributed by atoms with Crippen molar-refractivity contribution in [1.29, 1.82) is 0 Å². The second-order valence-corrected chi connectivity index (χ2v) is 4.29. The summed E-state index contributed by atoms with van der Waals surface area (Å²) in [5.41, 5.74) is 1.87. The van der Waals surface area contributed by atoms with Gasteiger partial charge in [-0.25, -0.2) is 4.79 Å². The first-order chi connectivity index (χ1) is 10.3. The average molecular weight is 283 g/mol. The van der Waals surface area contributed by atoms with Crippen molar-refractivity contribution in [2.45, 2.75) is 6.92 Å². The van der Waals surface area contributed by atoms with Crippen molar-refractivity contribution in [2.75, 3.05) is 6.61 Å². The van der Waals surface area contributed by atoms with Gasteiger partial charge in [-0.3, -0.25) is 0 Å². The molecule has 0 bridgehead atoms. The summed E-state index contributed by atoms with van der Waals surface area (Å²) >= 11 is 0. The van der Waals surface area contributed by atoms with Crippen LogP contribution in [0.1, 0.15) is 17.3 Å². The van der Waals surface area contributed by atoms with E-state index in [4.69, 9.17) is 13.9 Å². The van der Waals surface area contributed by atoms with E-state index in [1.807, 2.05) is 24.3 Å². The van der Waals surface area contributed by atoms with Gasteiger partial charge in [-0.2, -0.15) is 4.98 Å². The van der Waals surface area contributed by atoms with Gasteiger partial charge >= 0.3 is 12.0 Å². The quantitative estimate of drug-likeness (QED) is 0.681. The molecule has 0 aliphatic heterocycles. The van der Waals surface area contributed by atoms with Crippen LogP contribution in [-0.4, -0.2) is 17.6 Å². The highest BCUT2D eigenvalue weighted by molar-refractivity contribution is 5.89. The van der Waals surface area contributed by atoms with Crippen LogP contribution in [0.2, 0.25) is 0 Å². The van der Waals surface area contributed by atoms with E-state index in [-0.39, 0.29) is 12.0 Å². The SMILES string of the molecule is CCOC(=O)c1ccc(Oc2nc3ccccc3o2)cc1. The molecule has 1 aromatic heterocycles. The summed E-state index contributed by atoms with van der Waals surface area (Å²) in [5.74, 6) is 0.181. The highest BCUT2D eigenvalue weighted by Crippen LogP contribution is 2.25. The summed E-state index contributed by atoms with van der Waals surface area (Å²) < 4.78 is 15.9. The minimum absolute atomic E-state index is 0.167. The van der Waals surface area contributed by atoms with E-state index in [0.717, 1.165) is 5.52 Å². The van der Waals surface area contributed by atoms with Crippen LogP contribution in [-0.2, 0) is 4.74 Å². The van der Waals surface area contributed by atoms with Crippen molar-refractivity contribution >= 4 is 17.1 Å². The third-order valence-electron chi connectivity index (χ3n) is 2.84. The third kappa shape index (κ3) is 2.86. The van der Waals surface area contributed by atoms with E-state index in [1.165, 1.54) is 0 Å². The lowest BCUT2D eigenvalue weighted by molar-refractivity contribution is 0.0526. The monoisotopic (exact) mass is 283 g/mol. The lowest BCUT2D eigenvalue weighted by Gasteiger charge is -2.03. The van der Waals surface area contributed by atoms with Gasteiger partial charge in [0.15, 0.2) is 5.58 Å². The fourth-order valence-corrected chi connectivity index (χ4v) is 1.87. The van der Waals surface area contributed by atoms with Crippen LogP contribution < -0.4 is 4.74 Å². The van der Waals surface area contributed by atoms with Gasteiger partial charge in [0.1, 0.15) is 11.3 Å². The van der Waals surface area contributed by atoms with Crippen molar-refractivity contribution in [3.05, 3.63) is 54.1 Å². The Hall–Kier alpha value is -2.82. The maximum absolute atomic E-state index is 11.5. The molecule has 2 aromatic carbocycles. The van der Waals surface area contributed by atoms with Crippen LogP contribution in [0, 0.1) is 0 Å². The fourth-order valence-electron chi connectivity index (χ4n) is 1.87. The number of nitrogens with zero attached hydrogens (tertiary/aromatic N) is 1. The first-order valence-corrected chi connectivity index (χ1v) is 6.57. The molecule has 3 aromatic rings. The number of benzene rings is 2. The zero-order valence-electron chi connectivity index (χ0n) is 11.4. The normalized spacial score (nSPS) is 10.5. The van der Waals surface area contributed by atoms with E-state index >= 15 is 0 Å². The Labute approximate surface area is 121 Å². The van der Waals surface area contributed by atoms with Gasteiger partial charge in [0.05, 0.1) is 12.2 Å². The summed E-state index contributed by atoms with van der Waals surface area (Å²) in [4.78, 5) is 15.8. The number of rotatable bonds is 4. The van der Waals surface area contributed by atoms with Crippen LogP contribution in [0.5, 0.6) is 11.8 Å². The third-order valence-corrected chi connectivity index (χ3v) is 2.84. The molecule has 5 heteroatoms.